The minimum Gasteiger partial charge on any atom is -0.325 e. The van der Waals surface area contributed by atoms with Crippen LogP contribution in [0.2, 0.25) is 0 Å². The molecule has 0 bridgehead atoms. The Bertz CT molecular complexity index is 859. The molecule has 1 heterocycles. The molecule has 1 N–H and O–H groups in total. The molecule has 1 atom stereocenters. The summed E-state index contributed by atoms with van der Waals surface area (Å²) in [6.07, 6.45) is 3.78. The Balaban J connectivity index is 1.67. The molecule has 2 amide bonds. The SMILES string of the molecule is CC(CC(=O)Nc1cccnc1)CC(=O)N(c1ccccc1)c1ccccc1. The molecule has 0 aliphatic rings. The maximum atomic E-state index is 13.1. The van der Waals surface area contributed by atoms with E-state index in [4.69, 9.17) is 0 Å². The van der Waals surface area contributed by atoms with Crippen molar-refractivity contribution in [2.24, 2.45) is 5.92 Å². The van der Waals surface area contributed by atoms with Crippen LogP contribution in [0.4, 0.5) is 17.1 Å². The van der Waals surface area contributed by atoms with Crippen LogP contribution in [0, 0.1) is 5.92 Å². The summed E-state index contributed by atoms with van der Waals surface area (Å²) < 4.78 is 0. The van der Waals surface area contributed by atoms with Crippen LogP contribution in [-0.2, 0) is 9.59 Å². The van der Waals surface area contributed by atoms with E-state index in [0.29, 0.717) is 5.69 Å². The van der Waals surface area contributed by atoms with Crippen molar-refractivity contribution < 1.29 is 9.59 Å². The molecule has 0 fully saturated rings. The van der Waals surface area contributed by atoms with Gasteiger partial charge in [0, 0.05) is 30.4 Å². The average molecular weight is 373 g/mol. The van der Waals surface area contributed by atoms with Crippen molar-refractivity contribution in [2.75, 3.05) is 10.2 Å². The molecule has 0 spiro atoms. The van der Waals surface area contributed by atoms with Crippen molar-refractivity contribution in [2.45, 2.75) is 19.8 Å². The molecule has 0 radical (unpaired) electrons. The largest absolute Gasteiger partial charge is 0.325 e. The number of para-hydroxylation sites is 2. The smallest absolute Gasteiger partial charge is 0.231 e. The Kier molecular flexibility index (Phi) is 6.52. The number of nitrogens with zero attached hydrogens (tertiary/aromatic N) is 2. The number of pyridine rings is 1. The first-order chi connectivity index (χ1) is 13.6. The molecule has 3 rings (SSSR count). The van der Waals surface area contributed by atoms with Crippen molar-refractivity contribution in [1.29, 1.82) is 0 Å². The number of benzene rings is 2. The molecular weight excluding hydrogens is 350 g/mol. The number of rotatable bonds is 7. The minimum absolute atomic E-state index is 0.0425. The van der Waals surface area contributed by atoms with E-state index in [1.54, 1.807) is 29.4 Å². The summed E-state index contributed by atoms with van der Waals surface area (Å²) in [6.45, 7) is 1.91. The fourth-order valence-corrected chi connectivity index (χ4v) is 3.02. The van der Waals surface area contributed by atoms with Crippen molar-refractivity contribution in [3.63, 3.8) is 0 Å². The second-order valence-electron chi connectivity index (χ2n) is 6.70. The van der Waals surface area contributed by atoms with Gasteiger partial charge in [0.05, 0.1) is 11.9 Å². The first-order valence-electron chi connectivity index (χ1n) is 9.26. The number of aromatic nitrogens is 1. The van der Waals surface area contributed by atoms with Gasteiger partial charge < -0.3 is 5.32 Å². The van der Waals surface area contributed by atoms with E-state index in [1.807, 2.05) is 67.6 Å². The van der Waals surface area contributed by atoms with Gasteiger partial charge in [-0.15, -0.1) is 0 Å². The van der Waals surface area contributed by atoms with Gasteiger partial charge in [0.2, 0.25) is 11.8 Å². The Morgan fingerprint density at radius 1 is 0.893 bits per heavy atom. The third-order valence-electron chi connectivity index (χ3n) is 4.28. The van der Waals surface area contributed by atoms with E-state index in [1.165, 1.54) is 0 Å². The Hall–Kier alpha value is -3.47. The lowest BCUT2D eigenvalue weighted by atomic mass is 10.0. The predicted molar refractivity (Wildman–Crippen MR) is 111 cm³/mol. The van der Waals surface area contributed by atoms with Crippen LogP contribution >= 0.6 is 0 Å². The summed E-state index contributed by atoms with van der Waals surface area (Å²) >= 11 is 0. The highest BCUT2D eigenvalue weighted by Crippen LogP contribution is 2.27. The van der Waals surface area contributed by atoms with Crippen LogP contribution in [0.5, 0.6) is 0 Å². The molecule has 142 valence electrons. The fourth-order valence-electron chi connectivity index (χ4n) is 3.02. The fraction of sp³-hybridized carbons (Fsp3) is 0.174. The van der Waals surface area contributed by atoms with Gasteiger partial charge in [-0.2, -0.15) is 0 Å². The number of amides is 2. The van der Waals surface area contributed by atoms with Gasteiger partial charge in [0.25, 0.3) is 0 Å². The Morgan fingerprint density at radius 2 is 1.50 bits per heavy atom. The summed E-state index contributed by atoms with van der Waals surface area (Å²) in [5, 5.41) is 2.81. The third-order valence-corrected chi connectivity index (χ3v) is 4.28. The highest BCUT2D eigenvalue weighted by molar-refractivity contribution is 6.01. The summed E-state index contributed by atoms with van der Waals surface area (Å²) in [5.41, 5.74) is 2.28. The van der Waals surface area contributed by atoms with E-state index >= 15 is 0 Å². The molecule has 2 aromatic carbocycles. The number of anilines is 3. The van der Waals surface area contributed by atoms with E-state index in [0.717, 1.165) is 11.4 Å². The van der Waals surface area contributed by atoms with Gasteiger partial charge in [-0.3, -0.25) is 19.5 Å². The molecule has 28 heavy (non-hydrogen) atoms. The van der Waals surface area contributed by atoms with E-state index in [2.05, 4.69) is 10.3 Å². The summed E-state index contributed by atoms with van der Waals surface area (Å²) in [7, 11) is 0. The van der Waals surface area contributed by atoms with Crippen molar-refractivity contribution in [3.05, 3.63) is 85.2 Å². The average Bonchev–Trinajstić information content (AvgIpc) is 2.70. The lowest BCUT2D eigenvalue weighted by molar-refractivity contribution is -0.119. The van der Waals surface area contributed by atoms with Crippen LogP contribution in [0.25, 0.3) is 0 Å². The van der Waals surface area contributed by atoms with Crippen molar-refractivity contribution in [1.82, 2.24) is 4.98 Å². The quantitative estimate of drug-likeness (QED) is 0.647. The summed E-state index contributed by atoms with van der Waals surface area (Å²) in [5.74, 6) is -0.266. The number of carbonyl (C=O) groups is 2. The number of hydrogen-bond acceptors (Lipinski definition) is 3. The van der Waals surface area contributed by atoms with Crippen LogP contribution in [0.3, 0.4) is 0 Å². The highest BCUT2D eigenvalue weighted by atomic mass is 16.2. The summed E-state index contributed by atoms with van der Waals surface area (Å²) in [4.78, 5) is 31.0. The van der Waals surface area contributed by atoms with E-state index in [9.17, 15) is 9.59 Å². The van der Waals surface area contributed by atoms with Gasteiger partial charge in [0.15, 0.2) is 0 Å². The molecular formula is C23H23N3O2. The second kappa shape index (κ2) is 9.46. The lowest BCUT2D eigenvalue weighted by Crippen LogP contribution is -2.28. The molecule has 0 saturated carbocycles. The van der Waals surface area contributed by atoms with Gasteiger partial charge in [-0.05, 0) is 42.3 Å². The zero-order chi connectivity index (χ0) is 19.8. The molecule has 1 aromatic heterocycles. The first-order valence-corrected chi connectivity index (χ1v) is 9.26. The standard InChI is InChI=1S/C23H23N3O2/c1-18(15-22(27)25-19-9-8-14-24-17-19)16-23(28)26(20-10-4-2-5-11-20)21-12-6-3-7-13-21/h2-14,17-18H,15-16H2,1H3,(H,25,27). The maximum absolute atomic E-state index is 13.1. The normalized spacial score (nSPS) is 11.5. The maximum Gasteiger partial charge on any atom is 0.231 e. The van der Waals surface area contributed by atoms with Gasteiger partial charge in [-0.1, -0.05) is 43.3 Å². The molecule has 0 saturated heterocycles. The Morgan fingerprint density at radius 3 is 2.04 bits per heavy atom. The number of carbonyl (C=O) groups excluding carboxylic acids is 2. The monoisotopic (exact) mass is 373 g/mol. The number of nitrogens with one attached hydrogen (secondary N) is 1. The molecule has 0 aliphatic carbocycles. The number of hydrogen-bond donors (Lipinski definition) is 1. The zero-order valence-electron chi connectivity index (χ0n) is 15.8. The first kappa shape index (κ1) is 19.3. The molecule has 5 heteroatoms. The van der Waals surface area contributed by atoms with Crippen LogP contribution in [0.15, 0.2) is 85.2 Å². The summed E-state index contributed by atoms with van der Waals surface area (Å²) in [6, 6.07) is 22.6. The molecule has 5 nitrogen and oxygen atoms in total. The lowest BCUT2D eigenvalue weighted by Gasteiger charge is -2.24. The van der Waals surface area contributed by atoms with Crippen LogP contribution < -0.4 is 10.2 Å². The Labute approximate surface area is 165 Å². The van der Waals surface area contributed by atoms with E-state index in [-0.39, 0.29) is 30.6 Å². The third kappa shape index (κ3) is 5.27. The van der Waals surface area contributed by atoms with Crippen molar-refractivity contribution >= 4 is 28.9 Å². The molecule has 1 unspecified atom stereocenters. The van der Waals surface area contributed by atoms with Gasteiger partial charge >= 0.3 is 0 Å². The van der Waals surface area contributed by atoms with Gasteiger partial charge in [-0.25, -0.2) is 0 Å². The predicted octanol–water partition coefficient (Wildman–Crippen LogP) is 4.80. The topological polar surface area (TPSA) is 62.3 Å². The van der Waals surface area contributed by atoms with Crippen molar-refractivity contribution in [3.8, 4) is 0 Å². The minimum atomic E-state index is -0.126. The van der Waals surface area contributed by atoms with E-state index < -0.39 is 0 Å². The molecule has 3 aromatic rings. The highest BCUT2D eigenvalue weighted by Gasteiger charge is 2.21. The molecule has 0 aliphatic heterocycles. The van der Waals surface area contributed by atoms with Crippen LogP contribution in [0.1, 0.15) is 19.8 Å². The van der Waals surface area contributed by atoms with Crippen LogP contribution in [-0.4, -0.2) is 16.8 Å². The zero-order valence-corrected chi connectivity index (χ0v) is 15.8. The van der Waals surface area contributed by atoms with Gasteiger partial charge in [0.1, 0.15) is 0 Å². The second-order valence-corrected chi connectivity index (χ2v) is 6.70.